The van der Waals surface area contributed by atoms with E-state index in [4.69, 9.17) is 10.5 Å². The molecule has 29 heavy (non-hydrogen) atoms. The molecular formula is C23H25N5O. The van der Waals surface area contributed by atoms with Gasteiger partial charge in [0.15, 0.2) is 5.96 Å². The molecule has 6 nitrogen and oxygen atoms in total. The lowest BCUT2D eigenvalue weighted by Gasteiger charge is -2.16. The lowest BCUT2D eigenvalue weighted by Crippen LogP contribution is -2.22. The van der Waals surface area contributed by atoms with Crippen LogP contribution in [0.1, 0.15) is 18.4 Å². The van der Waals surface area contributed by atoms with Crippen molar-refractivity contribution in [1.29, 1.82) is 0 Å². The first kappa shape index (κ1) is 18.8. The first-order valence-corrected chi connectivity index (χ1v) is 9.86. The molecule has 0 amide bonds. The average Bonchev–Trinajstić information content (AvgIpc) is 3.29. The van der Waals surface area contributed by atoms with Crippen molar-refractivity contribution in [2.24, 2.45) is 10.7 Å². The van der Waals surface area contributed by atoms with E-state index in [0.29, 0.717) is 12.5 Å². The van der Waals surface area contributed by atoms with Gasteiger partial charge in [0.2, 0.25) is 0 Å². The lowest BCUT2D eigenvalue weighted by molar-refractivity contribution is 0.483. The number of hydrogen-bond donors (Lipinski definition) is 2. The van der Waals surface area contributed by atoms with Gasteiger partial charge in [-0.2, -0.15) is 0 Å². The van der Waals surface area contributed by atoms with Crippen LogP contribution in [-0.2, 0) is 6.54 Å². The number of benzene rings is 2. The van der Waals surface area contributed by atoms with Crippen LogP contribution in [-0.4, -0.2) is 24.0 Å². The molecule has 0 atom stereocenters. The van der Waals surface area contributed by atoms with Crippen molar-refractivity contribution in [3.63, 3.8) is 0 Å². The summed E-state index contributed by atoms with van der Waals surface area (Å²) in [5.74, 6) is 2.91. The summed E-state index contributed by atoms with van der Waals surface area (Å²) in [6.45, 7) is 2.66. The molecule has 3 aromatic rings. The third kappa shape index (κ3) is 5.25. The van der Waals surface area contributed by atoms with Crippen molar-refractivity contribution < 1.29 is 4.74 Å². The van der Waals surface area contributed by atoms with E-state index >= 15 is 0 Å². The van der Waals surface area contributed by atoms with E-state index in [-0.39, 0.29) is 0 Å². The molecule has 148 valence electrons. The molecule has 4 rings (SSSR count). The van der Waals surface area contributed by atoms with Crippen LogP contribution >= 0.6 is 0 Å². The molecule has 0 spiro atoms. The Morgan fingerprint density at radius 2 is 1.79 bits per heavy atom. The van der Waals surface area contributed by atoms with E-state index in [1.807, 2.05) is 60.8 Å². The van der Waals surface area contributed by atoms with Gasteiger partial charge in [-0.25, -0.2) is 9.98 Å². The van der Waals surface area contributed by atoms with Gasteiger partial charge < -0.3 is 20.7 Å². The van der Waals surface area contributed by atoms with E-state index in [1.54, 1.807) is 0 Å². The summed E-state index contributed by atoms with van der Waals surface area (Å²) in [6, 6.07) is 21.4. The van der Waals surface area contributed by atoms with Crippen LogP contribution in [0.25, 0.3) is 0 Å². The zero-order valence-electron chi connectivity index (χ0n) is 16.3. The Kier molecular flexibility index (Phi) is 5.90. The zero-order chi connectivity index (χ0) is 19.9. The van der Waals surface area contributed by atoms with Crippen molar-refractivity contribution in [3.8, 4) is 11.5 Å². The molecule has 3 N–H and O–H groups in total. The summed E-state index contributed by atoms with van der Waals surface area (Å²) in [7, 11) is 0. The number of nitrogens with two attached hydrogens (primary N) is 1. The normalized spacial score (nSPS) is 14.1. The molecule has 6 heteroatoms. The highest BCUT2D eigenvalue weighted by atomic mass is 16.5. The largest absolute Gasteiger partial charge is 0.457 e. The number of pyridine rings is 1. The number of ether oxygens (including phenoxy) is 1. The lowest BCUT2D eigenvalue weighted by atomic mass is 10.3. The maximum absolute atomic E-state index is 6.06. The van der Waals surface area contributed by atoms with Crippen LogP contribution in [0.2, 0.25) is 0 Å². The first-order chi connectivity index (χ1) is 14.3. The number of guanidine groups is 1. The summed E-state index contributed by atoms with van der Waals surface area (Å²) >= 11 is 0. The van der Waals surface area contributed by atoms with Gasteiger partial charge in [0.05, 0.1) is 6.54 Å². The van der Waals surface area contributed by atoms with Crippen LogP contribution < -0.4 is 20.7 Å². The number of hydrogen-bond acceptors (Lipinski definition) is 4. The SMILES string of the molecule is NC(=NCc1ccc(N2CCCC2)nc1)Nc1cccc(Oc2ccccc2)c1. The van der Waals surface area contributed by atoms with Crippen LogP contribution in [0.5, 0.6) is 11.5 Å². The predicted molar refractivity (Wildman–Crippen MR) is 118 cm³/mol. The van der Waals surface area contributed by atoms with E-state index in [1.165, 1.54) is 12.8 Å². The molecule has 0 unspecified atom stereocenters. The first-order valence-electron chi connectivity index (χ1n) is 9.86. The zero-order valence-corrected chi connectivity index (χ0v) is 16.3. The molecule has 2 aromatic carbocycles. The molecule has 0 bridgehead atoms. The molecule has 2 heterocycles. The Hall–Kier alpha value is -3.54. The van der Waals surface area contributed by atoms with E-state index in [0.717, 1.165) is 41.7 Å². The molecule has 1 aliphatic rings. The summed E-state index contributed by atoms with van der Waals surface area (Å²) < 4.78 is 5.85. The van der Waals surface area contributed by atoms with E-state index in [9.17, 15) is 0 Å². The Labute approximate surface area is 171 Å². The van der Waals surface area contributed by atoms with Crippen molar-refractivity contribution in [1.82, 2.24) is 4.98 Å². The van der Waals surface area contributed by atoms with Gasteiger partial charge in [-0.3, -0.25) is 0 Å². The third-order valence-electron chi connectivity index (χ3n) is 4.76. The van der Waals surface area contributed by atoms with Gasteiger partial charge in [-0.15, -0.1) is 0 Å². The summed E-state index contributed by atoms with van der Waals surface area (Å²) in [6.07, 6.45) is 4.36. The fraction of sp³-hybridized carbons (Fsp3) is 0.217. The second kappa shape index (κ2) is 9.10. The summed E-state index contributed by atoms with van der Waals surface area (Å²) in [4.78, 5) is 11.3. The highest BCUT2D eigenvalue weighted by Crippen LogP contribution is 2.23. The molecule has 1 fully saturated rings. The van der Waals surface area contributed by atoms with Crippen LogP contribution in [0, 0.1) is 0 Å². The summed E-state index contributed by atoms with van der Waals surface area (Å²) in [5, 5.41) is 3.11. The number of rotatable bonds is 6. The van der Waals surface area contributed by atoms with Gasteiger partial charge >= 0.3 is 0 Å². The Morgan fingerprint density at radius 1 is 1.00 bits per heavy atom. The van der Waals surface area contributed by atoms with Gasteiger partial charge in [0, 0.05) is 31.0 Å². The van der Waals surface area contributed by atoms with Crippen molar-refractivity contribution in [3.05, 3.63) is 78.5 Å². The fourth-order valence-corrected chi connectivity index (χ4v) is 3.27. The van der Waals surface area contributed by atoms with Crippen LogP contribution in [0.4, 0.5) is 11.5 Å². The van der Waals surface area contributed by atoms with Crippen molar-refractivity contribution >= 4 is 17.5 Å². The standard InChI is InChI=1S/C23H25N5O/c24-23(26-17-18-11-12-22(25-16-18)28-13-4-5-14-28)27-19-7-6-10-21(15-19)29-20-8-2-1-3-9-20/h1-3,6-12,15-16H,4-5,13-14,17H2,(H3,24,26,27). The Balaban J connectivity index is 1.34. The maximum atomic E-state index is 6.06. The number of aromatic nitrogens is 1. The van der Waals surface area contributed by atoms with Crippen molar-refractivity contribution in [2.75, 3.05) is 23.3 Å². The van der Waals surface area contributed by atoms with Gasteiger partial charge in [-0.1, -0.05) is 30.3 Å². The Morgan fingerprint density at radius 3 is 2.55 bits per heavy atom. The minimum absolute atomic E-state index is 0.352. The fourth-order valence-electron chi connectivity index (χ4n) is 3.27. The highest BCUT2D eigenvalue weighted by molar-refractivity contribution is 5.92. The number of nitrogens with one attached hydrogen (secondary N) is 1. The minimum Gasteiger partial charge on any atom is -0.457 e. The minimum atomic E-state index is 0.352. The van der Waals surface area contributed by atoms with Gasteiger partial charge in [0.1, 0.15) is 17.3 Å². The molecule has 0 saturated carbocycles. The predicted octanol–water partition coefficient (Wildman–Crippen LogP) is 4.40. The van der Waals surface area contributed by atoms with Gasteiger partial charge in [-0.05, 0) is 48.7 Å². The van der Waals surface area contributed by atoms with Crippen molar-refractivity contribution in [2.45, 2.75) is 19.4 Å². The second-order valence-electron chi connectivity index (χ2n) is 6.99. The van der Waals surface area contributed by atoms with Crippen LogP contribution in [0.15, 0.2) is 77.9 Å². The highest BCUT2D eigenvalue weighted by Gasteiger charge is 2.12. The van der Waals surface area contributed by atoms with E-state index < -0.39 is 0 Å². The molecule has 0 radical (unpaired) electrons. The van der Waals surface area contributed by atoms with Gasteiger partial charge in [0.25, 0.3) is 0 Å². The Bertz CT molecular complexity index is 951. The molecule has 0 aliphatic carbocycles. The monoisotopic (exact) mass is 387 g/mol. The quantitative estimate of drug-likeness (QED) is 0.484. The molecule has 1 saturated heterocycles. The number of anilines is 2. The van der Waals surface area contributed by atoms with Crippen LogP contribution in [0.3, 0.4) is 0 Å². The number of para-hydroxylation sites is 1. The summed E-state index contributed by atoms with van der Waals surface area (Å²) in [5.41, 5.74) is 7.90. The molecule has 1 aromatic heterocycles. The number of aliphatic imine (C=N–C) groups is 1. The maximum Gasteiger partial charge on any atom is 0.193 e. The second-order valence-corrected chi connectivity index (χ2v) is 6.99. The topological polar surface area (TPSA) is 75.8 Å². The van der Waals surface area contributed by atoms with E-state index in [2.05, 4.69) is 32.3 Å². The third-order valence-corrected chi connectivity index (χ3v) is 4.76. The molecule has 1 aliphatic heterocycles. The molecular weight excluding hydrogens is 362 g/mol. The average molecular weight is 387 g/mol. The smallest absolute Gasteiger partial charge is 0.193 e. The number of nitrogens with zero attached hydrogens (tertiary/aromatic N) is 3.